The van der Waals surface area contributed by atoms with Gasteiger partial charge in [-0.05, 0) is 42.5 Å². The summed E-state index contributed by atoms with van der Waals surface area (Å²) in [6.45, 7) is 7.25. The van der Waals surface area contributed by atoms with E-state index in [0.717, 1.165) is 22.4 Å². The van der Waals surface area contributed by atoms with E-state index in [1.807, 2.05) is 30.5 Å². The molecule has 3 aromatic rings. The molecule has 0 unspecified atom stereocenters. The van der Waals surface area contributed by atoms with Gasteiger partial charge in [-0.25, -0.2) is 28.5 Å². The average Bonchev–Trinajstić information content (AvgIpc) is 3.78. The minimum atomic E-state index is -2.92. The third-order valence-electron chi connectivity index (χ3n) is 8.89. The number of rotatable bonds is 8. The first kappa shape index (κ1) is 30.0. The molecule has 0 aromatic carbocycles. The number of anilines is 2. The Bertz CT molecular complexity index is 1630. The third kappa shape index (κ3) is 5.64. The van der Waals surface area contributed by atoms with E-state index in [0.29, 0.717) is 56.0 Å². The first-order valence-electron chi connectivity index (χ1n) is 14.8. The lowest BCUT2D eigenvalue weighted by Crippen LogP contribution is -2.68. The third-order valence-corrected chi connectivity index (χ3v) is 9.96. The van der Waals surface area contributed by atoms with Crippen LogP contribution in [0, 0.1) is 6.92 Å². The van der Waals surface area contributed by atoms with E-state index in [1.54, 1.807) is 12.3 Å². The summed E-state index contributed by atoms with van der Waals surface area (Å²) in [5.41, 5.74) is 3.59. The lowest BCUT2D eigenvalue weighted by Gasteiger charge is -2.53. The lowest BCUT2D eigenvalue weighted by molar-refractivity contribution is -0.228. The van der Waals surface area contributed by atoms with Crippen molar-refractivity contribution in [2.24, 2.45) is 0 Å². The Morgan fingerprint density at radius 3 is 2.71 bits per heavy atom. The summed E-state index contributed by atoms with van der Waals surface area (Å²) >= 11 is 1.38. The SMILES string of the molecule is Cc1csc(-c2cc(N3C[C@@H](Oc4ncc(C5=CCOC5)cc4N4CCOC5(COC5)[C@@H]4C)C[C@H]3C(=O)O)nc(C(F)F)n2)c1. The molecule has 45 heavy (non-hydrogen) atoms. The van der Waals surface area contributed by atoms with Crippen LogP contribution in [-0.2, 0) is 19.0 Å². The Morgan fingerprint density at radius 2 is 2.04 bits per heavy atom. The number of aliphatic carboxylic acids is 1. The van der Waals surface area contributed by atoms with Gasteiger partial charge in [0.1, 0.15) is 29.3 Å². The predicted octanol–water partition coefficient (Wildman–Crippen LogP) is 4.36. The highest BCUT2D eigenvalue weighted by Crippen LogP contribution is 2.41. The number of thiophene rings is 1. The van der Waals surface area contributed by atoms with E-state index < -0.39 is 36.0 Å². The second-order valence-corrected chi connectivity index (χ2v) is 12.7. The molecule has 7 heterocycles. The summed E-state index contributed by atoms with van der Waals surface area (Å²) < 4.78 is 51.5. The van der Waals surface area contributed by atoms with Gasteiger partial charge in [0.15, 0.2) is 5.82 Å². The zero-order valence-corrected chi connectivity index (χ0v) is 25.6. The number of pyridine rings is 1. The van der Waals surface area contributed by atoms with Gasteiger partial charge in [0.05, 0.1) is 56.2 Å². The summed E-state index contributed by atoms with van der Waals surface area (Å²) in [4.78, 5) is 29.8. The molecule has 3 aromatic heterocycles. The minimum absolute atomic E-state index is 0.0341. The molecule has 1 N–H and O–H groups in total. The van der Waals surface area contributed by atoms with Gasteiger partial charge in [-0.3, -0.25) is 0 Å². The molecule has 11 nitrogen and oxygen atoms in total. The van der Waals surface area contributed by atoms with Gasteiger partial charge in [0.2, 0.25) is 5.88 Å². The zero-order valence-electron chi connectivity index (χ0n) is 24.8. The van der Waals surface area contributed by atoms with Crippen LogP contribution in [0.4, 0.5) is 20.3 Å². The van der Waals surface area contributed by atoms with Crippen molar-refractivity contribution in [3.8, 4) is 16.5 Å². The number of ether oxygens (including phenoxy) is 4. The number of hydrogen-bond donors (Lipinski definition) is 1. The summed E-state index contributed by atoms with van der Waals surface area (Å²) in [7, 11) is 0. The van der Waals surface area contributed by atoms with Gasteiger partial charge >= 0.3 is 5.97 Å². The van der Waals surface area contributed by atoms with Crippen LogP contribution in [0.15, 0.2) is 35.9 Å². The summed E-state index contributed by atoms with van der Waals surface area (Å²) in [6.07, 6.45) is 0.344. The molecule has 0 saturated carbocycles. The number of alkyl halides is 2. The number of nitrogens with zero attached hydrogens (tertiary/aromatic N) is 5. The van der Waals surface area contributed by atoms with Gasteiger partial charge in [0.25, 0.3) is 6.43 Å². The zero-order chi connectivity index (χ0) is 31.3. The quantitative estimate of drug-likeness (QED) is 0.378. The second-order valence-electron chi connectivity index (χ2n) is 11.8. The van der Waals surface area contributed by atoms with Crippen molar-refractivity contribution < 1.29 is 37.6 Å². The fourth-order valence-electron chi connectivity index (χ4n) is 6.32. The molecule has 4 aliphatic heterocycles. The number of aromatic nitrogens is 3. The maximum atomic E-state index is 13.9. The fourth-order valence-corrected chi connectivity index (χ4v) is 7.18. The minimum Gasteiger partial charge on any atom is -0.480 e. The van der Waals surface area contributed by atoms with Crippen molar-refractivity contribution in [3.63, 3.8) is 0 Å². The van der Waals surface area contributed by atoms with Crippen molar-refractivity contribution in [1.82, 2.24) is 15.0 Å². The highest BCUT2D eigenvalue weighted by atomic mass is 32.1. The lowest BCUT2D eigenvalue weighted by atomic mass is 9.90. The normalized spacial score (nSPS) is 24.3. The molecule has 238 valence electrons. The van der Waals surface area contributed by atoms with Crippen LogP contribution >= 0.6 is 11.3 Å². The second kappa shape index (κ2) is 11.9. The van der Waals surface area contributed by atoms with Gasteiger partial charge in [-0.1, -0.05) is 6.08 Å². The number of carboxylic acids is 1. The van der Waals surface area contributed by atoms with Crippen LogP contribution in [0.5, 0.6) is 5.88 Å². The van der Waals surface area contributed by atoms with E-state index in [2.05, 4.69) is 21.8 Å². The van der Waals surface area contributed by atoms with Crippen molar-refractivity contribution >= 4 is 34.4 Å². The molecule has 7 rings (SSSR count). The van der Waals surface area contributed by atoms with E-state index in [1.165, 1.54) is 16.2 Å². The largest absolute Gasteiger partial charge is 0.480 e. The highest BCUT2D eigenvalue weighted by molar-refractivity contribution is 7.13. The topological polar surface area (TPSA) is 119 Å². The summed E-state index contributed by atoms with van der Waals surface area (Å²) in [5, 5.41) is 12.1. The average molecular weight is 642 g/mol. The molecule has 0 radical (unpaired) electrons. The number of hydrogen-bond acceptors (Lipinski definition) is 11. The molecule has 1 spiro atoms. The predicted molar refractivity (Wildman–Crippen MR) is 162 cm³/mol. The molecule has 14 heteroatoms. The van der Waals surface area contributed by atoms with Gasteiger partial charge < -0.3 is 33.9 Å². The van der Waals surface area contributed by atoms with Gasteiger partial charge in [-0.2, -0.15) is 0 Å². The number of halogens is 2. The van der Waals surface area contributed by atoms with Crippen LogP contribution in [0.2, 0.25) is 0 Å². The molecule has 4 aliphatic rings. The van der Waals surface area contributed by atoms with E-state index in [-0.39, 0.29) is 24.8 Å². The van der Waals surface area contributed by atoms with Crippen LogP contribution in [0.3, 0.4) is 0 Å². The van der Waals surface area contributed by atoms with Crippen LogP contribution in [0.1, 0.15) is 36.7 Å². The van der Waals surface area contributed by atoms with Crippen molar-refractivity contribution in [2.75, 3.05) is 55.9 Å². The fraction of sp³-hybridized carbons (Fsp3) is 0.484. The number of carboxylic acid groups (broad SMARTS) is 1. The molecule has 3 fully saturated rings. The first-order chi connectivity index (χ1) is 21.7. The number of morpholine rings is 1. The number of aryl methyl sites for hydroxylation is 1. The van der Waals surface area contributed by atoms with Crippen molar-refractivity contribution in [3.05, 3.63) is 52.8 Å². The molecule has 3 atom stereocenters. The molecule has 0 amide bonds. The molecular weight excluding hydrogens is 608 g/mol. The Labute approximate surface area is 262 Å². The van der Waals surface area contributed by atoms with E-state index in [4.69, 9.17) is 23.9 Å². The summed E-state index contributed by atoms with van der Waals surface area (Å²) in [6, 6.07) is 4.38. The molecule has 3 saturated heterocycles. The van der Waals surface area contributed by atoms with Gasteiger partial charge in [-0.15, -0.1) is 11.3 Å². The van der Waals surface area contributed by atoms with Crippen molar-refractivity contribution in [2.45, 2.75) is 50.5 Å². The standard InChI is InChI=1S/C31H33F2N5O6S/c1-17-7-25(45-14-17)22-10-26(36-28(35-22)27(32)33)38-12-21(9-24(38)30(39)40)44-29-23(8-20(11-34-29)19-3-5-41-13-19)37-4-6-43-31(18(37)2)15-42-16-31/h3,7-8,10-11,14,18,21,24,27H,4-6,9,12-13,15-16H2,1-2H3,(H,39,40)/t18-,21-,24-/m0/s1. The Kier molecular flexibility index (Phi) is 7.92. The van der Waals surface area contributed by atoms with E-state index >= 15 is 0 Å². The van der Waals surface area contributed by atoms with Crippen LogP contribution in [0.25, 0.3) is 16.1 Å². The highest BCUT2D eigenvalue weighted by Gasteiger charge is 2.50. The molecular formula is C31H33F2N5O6S. The van der Waals surface area contributed by atoms with E-state index in [9.17, 15) is 18.7 Å². The number of carbonyl (C=O) groups is 1. The van der Waals surface area contributed by atoms with Crippen molar-refractivity contribution in [1.29, 1.82) is 0 Å². The Balaban J connectivity index is 1.21. The summed E-state index contributed by atoms with van der Waals surface area (Å²) in [5.74, 6) is -1.27. The Hall–Kier alpha value is -3.72. The maximum Gasteiger partial charge on any atom is 0.326 e. The first-order valence-corrected chi connectivity index (χ1v) is 15.7. The van der Waals surface area contributed by atoms with Crippen LogP contribution in [-0.4, -0.2) is 95.9 Å². The molecule has 0 aliphatic carbocycles. The smallest absolute Gasteiger partial charge is 0.326 e. The molecule has 0 bridgehead atoms. The van der Waals surface area contributed by atoms with Crippen LogP contribution < -0.4 is 14.5 Å². The maximum absolute atomic E-state index is 13.9. The Morgan fingerprint density at radius 1 is 1.20 bits per heavy atom. The van der Waals surface area contributed by atoms with Gasteiger partial charge in [0, 0.05) is 30.8 Å². The monoisotopic (exact) mass is 641 g/mol.